The van der Waals surface area contributed by atoms with Crippen LogP contribution in [0.25, 0.3) is 0 Å². The van der Waals surface area contributed by atoms with E-state index in [-0.39, 0.29) is 12.1 Å². The van der Waals surface area contributed by atoms with E-state index in [4.69, 9.17) is 10.5 Å². The molecule has 1 aromatic rings. The molecule has 0 radical (unpaired) electrons. The predicted octanol–water partition coefficient (Wildman–Crippen LogP) is 2.32. The van der Waals surface area contributed by atoms with Gasteiger partial charge in [-0.2, -0.15) is 4.98 Å². The summed E-state index contributed by atoms with van der Waals surface area (Å²) in [5.41, 5.74) is 6.17. The Morgan fingerprint density at radius 3 is 2.94 bits per heavy atom. The number of anilines is 1. The molecule has 1 aromatic heterocycles. The fourth-order valence-electron chi connectivity index (χ4n) is 2.25. The highest BCUT2D eigenvalue weighted by Gasteiger charge is 2.21. The molecule has 1 heterocycles. The van der Waals surface area contributed by atoms with E-state index in [2.05, 4.69) is 31.2 Å². The van der Waals surface area contributed by atoms with E-state index in [1.54, 1.807) is 13.3 Å². The Morgan fingerprint density at radius 1 is 1.39 bits per heavy atom. The van der Waals surface area contributed by atoms with Crippen molar-refractivity contribution in [2.24, 2.45) is 5.73 Å². The molecule has 0 amide bonds. The molecule has 1 fully saturated rings. The number of rotatable bonds is 3. The summed E-state index contributed by atoms with van der Waals surface area (Å²) < 4.78 is 5.91. The smallest absolute Gasteiger partial charge is 0.232 e. The Labute approximate surface area is 116 Å². The van der Waals surface area contributed by atoms with E-state index >= 15 is 0 Å². The number of hydrogen-bond acceptors (Lipinski definition) is 5. The normalized spacial score (nSPS) is 24.4. The minimum absolute atomic E-state index is 0.172. The molecule has 0 aromatic carbocycles. The third-order valence-electron chi connectivity index (χ3n) is 3.29. The highest BCUT2D eigenvalue weighted by molar-refractivity contribution is 9.10. The van der Waals surface area contributed by atoms with Gasteiger partial charge in [-0.15, -0.1) is 0 Å². The molecule has 3 N–H and O–H groups in total. The van der Waals surface area contributed by atoms with Crippen LogP contribution in [0.15, 0.2) is 10.7 Å². The SMILES string of the molecule is COc1nc(NC2CCCCCC2N)ncc1Br. The van der Waals surface area contributed by atoms with Crippen molar-refractivity contribution in [3.63, 3.8) is 0 Å². The van der Waals surface area contributed by atoms with Gasteiger partial charge >= 0.3 is 0 Å². The van der Waals surface area contributed by atoms with Gasteiger partial charge in [0.05, 0.1) is 17.8 Å². The highest BCUT2D eigenvalue weighted by Crippen LogP contribution is 2.24. The number of hydrogen-bond donors (Lipinski definition) is 2. The van der Waals surface area contributed by atoms with Crippen LogP contribution < -0.4 is 15.8 Å². The van der Waals surface area contributed by atoms with E-state index in [0.29, 0.717) is 11.8 Å². The minimum Gasteiger partial charge on any atom is -0.480 e. The van der Waals surface area contributed by atoms with Crippen molar-refractivity contribution in [1.29, 1.82) is 0 Å². The van der Waals surface area contributed by atoms with Crippen LogP contribution >= 0.6 is 15.9 Å². The summed E-state index contributed by atoms with van der Waals surface area (Å²) in [7, 11) is 1.59. The van der Waals surface area contributed by atoms with Crippen molar-refractivity contribution in [1.82, 2.24) is 9.97 Å². The Bertz CT molecular complexity index is 402. The summed E-state index contributed by atoms with van der Waals surface area (Å²) >= 11 is 3.34. The first kappa shape index (κ1) is 13.5. The van der Waals surface area contributed by atoms with Crippen LogP contribution in [0.5, 0.6) is 5.88 Å². The molecule has 1 saturated carbocycles. The first-order chi connectivity index (χ1) is 8.70. The molecule has 2 rings (SSSR count). The van der Waals surface area contributed by atoms with Gasteiger partial charge < -0.3 is 15.8 Å². The average molecular weight is 315 g/mol. The maximum absolute atomic E-state index is 6.17. The fraction of sp³-hybridized carbons (Fsp3) is 0.667. The van der Waals surface area contributed by atoms with E-state index in [0.717, 1.165) is 17.3 Å². The summed E-state index contributed by atoms with van der Waals surface area (Å²) in [5.74, 6) is 1.12. The lowest BCUT2D eigenvalue weighted by Gasteiger charge is -2.22. The topological polar surface area (TPSA) is 73.1 Å². The van der Waals surface area contributed by atoms with E-state index in [9.17, 15) is 0 Å². The van der Waals surface area contributed by atoms with Crippen molar-refractivity contribution in [3.05, 3.63) is 10.7 Å². The third-order valence-corrected chi connectivity index (χ3v) is 3.83. The number of nitrogens with two attached hydrogens (primary N) is 1. The van der Waals surface area contributed by atoms with Crippen LogP contribution in [0.1, 0.15) is 32.1 Å². The number of nitrogens with one attached hydrogen (secondary N) is 1. The Morgan fingerprint density at radius 2 is 2.17 bits per heavy atom. The van der Waals surface area contributed by atoms with Crippen LogP contribution in [0.3, 0.4) is 0 Å². The average Bonchev–Trinajstić information content (AvgIpc) is 2.57. The maximum Gasteiger partial charge on any atom is 0.232 e. The Hall–Kier alpha value is -0.880. The van der Waals surface area contributed by atoms with Gasteiger partial charge in [-0.3, -0.25) is 0 Å². The lowest BCUT2D eigenvalue weighted by Crippen LogP contribution is -2.39. The largest absolute Gasteiger partial charge is 0.480 e. The standard InChI is InChI=1S/C12H19BrN4O/c1-18-11-8(13)7-15-12(17-11)16-10-6-4-2-3-5-9(10)14/h7,9-10H,2-6,14H2,1H3,(H,15,16,17). The maximum atomic E-state index is 6.17. The van der Waals surface area contributed by atoms with Crippen LogP contribution in [-0.4, -0.2) is 29.2 Å². The van der Waals surface area contributed by atoms with Gasteiger partial charge in [0, 0.05) is 12.1 Å². The second-order valence-corrected chi connectivity index (χ2v) is 5.46. The molecule has 0 spiro atoms. The van der Waals surface area contributed by atoms with Crippen LogP contribution in [0.2, 0.25) is 0 Å². The molecule has 18 heavy (non-hydrogen) atoms. The zero-order valence-electron chi connectivity index (χ0n) is 10.5. The molecule has 2 atom stereocenters. The Balaban J connectivity index is 2.07. The highest BCUT2D eigenvalue weighted by atomic mass is 79.9. The zero-order valence-corrected chi connectivity index (χ0v) is 12.1. The van der Waals surface area contributed by atoms with Crippen molar-refractivity contribution in [2.75, 3.05) is 12.4 Å². The summed E-state index contributed by atoms with van der Waals surface area (Å²) in [6.45, 7) is 0. The summed E-state index contributed by atoms with van der Waals surface area (Å²) in [6, 6.07) is 0.420. The van der Waals surface area contributed by atoms with Gasteiger partial charge in [-0.25, -0.2) is 4.98 Å². The van der Waals surface area contributed by atoms with Crippen LogP contribution in [0, 0.1) is 0 Å². The van der Waals surface area contributed by atoms with Gasteiger partial charge in [0.1, 0.15) is 0 Å². The number of halogens is 1. The van der Waals surface area contributed by atoms with Gasteiger partial charge in [0.15, 0.2) is 0 Å². The second-order valence-electron chi connectivity index (χ2n) is 4.60. The van der Waals surface area contributed by atoms with Gasteiger partial charge in [-0.05, 0) is 28.8 Å². The van der Waals surface area contributed by atoms with Gasteiger partial charge in [0.25, 0.3) is 0 Å². The van der Waals surface area contributed by atoms with Crippen molar-refractivity contribution >= 4 is 21.9 Å². The van der Waals surface area contributed by atoms with Crippen LogP contribution in [0.4, 0.5) is 5.95 Å². The molecule has 0 aliphatic heterocycles. The number of nitrogens with zero attached hydrogens (tertiary/aromatic N) is 2. The first-order valence-electron chi connectivity index (χ1n) is 6.29. The lowest BCUT2D eigenvalue weighted by atomic mass is 10.0. The molecule has 1 aliphatic rings. The molecule has 0 saturated heterocycles. The third kappa shape index (κ3) is 3.32. The summed E-state index contributed by atoms with van der Waals surface area (Å²) in [6.07, 6.45) is 7.50. The molecule has 100 valence electrons. The summed E-state index contributed by atoms with van der Waals surface area (Å²) in [5, 5.41) is 3.32. The number of aromatic nitrogens is 2. The number of ether oxygens (including phenoxy) is 1. The molecule has 6 heteroatoms. The second kappa shape index (κ2) is 6.33. The monoisotopic (exact) mass is 314 g/mol. The van der Waals surface area contributed by atoms with Gasteiger partial charge in [0.2, 0.25) is 11.8 Å². The van der Waals surface area contributed by atoms with E-state index < -0.39 is 0 Å². The molecule has 5 nitrogen and oxygen atoms in total. The molecule has 1 aliphatic carbocycles. The lowest BCUT2D eigenvalue weighted by molar-refractivity contribution is 0.394. The van der Waals surface area contributed by atoms with Crippen molar-refractivity contribution in [2.45, 2.75) is 44.2 Å². The first-order valence-corrected chi connectivity index (χ1v) is 7.08. The zero-order chi connectivity index (χ0) is 13.0. The minimum atomic E-state index is 0.172. The summed E-state index contributed by atoms with van der Waals surface area (Å²) in [4.78, 5) is 8.54. The Kier molecular flexibility index (Phi) is 4.77. The van der Waals surface area contributed by atoms with Crippen LogP contribution in [-0.2, 0) is 0 Å². The quantitative estimate of drug-likeness (QED) is 0.838. The van der Waals surface area contributed by atoms with E-state index in [1.807, 2.05) is 0 Å². The molecule has 0 bridgehead atoms. The van der Waals surface area contributed by atoms with Crippen molar-refractivity contribution in [3.8, 4) is 5.88 Å². The number of methoxy groups -OCH3 is 1. The molecule has 2 unspecified atom stereocenters. The predicted molar refractivity (Wildman–Crippen MR) is 74.8 cm³/mol. The molecular formula is C12H19BrN4O. The van der Waals surface area contributed by atoms with E-state index in [1.165, 1.54) is 19.3 Å². The van der Waals surface area contributed by atoms with Crippen molar-refractivity contribution < 1.29 is 4.74 Å². The van der Waals surface area contributed by atoms with Gasteiger partial charge in [-0.1, -0.05) is 19.3 Å². The molecular weight excluding hydrogens is 296 g/mol. The fourth-order valence-corrected chi connectivity index (χ4v) is 2.60.